The van der Waals surface area contributed by atoms with E-state index in [1.54, 1.807) is 0 Å². The molecule has 0 bridgehead atoms. The van der Waals surface area contributed by atoms with Crippen molar-refractivity contribution in [2.75, 3.05) is 6.61 Å². The zero-order chi connectivity index (χ0) is 17.0. The maximum Gasteiger partial charge on any atom is 0.453 e. The Kier molecular flexibility index (Phi) is 5.12. The van der Waals surface area contributed by atoms with Gasteiger partial charge in [0.15, 0.2) is 0 Å². The summed E-state index contributed by atoms with van der Waals surface area (Å²) in [7, 11) is 0. The number of aromatic nitrogens is 1. The molecule has 126 valence electrons. The highest BCUT2D eigenvalue weighted by atomic mass is 19.4. The number of fused-ring (bicyclic) bond motifs is 1. The molecule has 0 spiro atoms. The Morgan fingerprint density at radius 1 is 1.39 bits per heavy atom. The van der Waals surface area contributed by atoms with E-state index in [9.17, 15) is 18.0 Å². The van der Waals surface area contributed by atoms with Crippen LogP contribution in [0.2, 0.25) is 0 Å². The molecule has 2 rings (SSSR count). The molecule has 1 N–H and O–H groups in total. The van der Waals surface area contributed by atoms with Crippen molar-refractivity contribution in [1.82, 2.24) is 5.16 Å². The van der Waals surface area contributed by atoms with Crippen LogP contribution >= 0.6 is 0 Å². The first kappa shape index (κ1) is 17.1. The molecule has 1 aromatic carbocycles. The Bertz CT molecular complexity index is 694. The molecule has 0 saturated heterocycles. The standard InChI is InChI=1S/C15H16F3NO4/c1-2-4-9-11(22-8-3-5-12(20)21)7-6-10-13(9)19-23-14(10)15(16,17)18/h6-7H,2-5,8H2,1H3,(H,20,21). The van der Waals surface area contributed by atoms with Gasteiger partial charge in [-0.1, -0.05) is 18.5 Å². The van der Waals surface area contributed by atoms with Crippen LogP contribution in [0.15, 0.2) is 16.7 Å². The summed E-state index contributed by atoms with van der Waals surface area (Å²) in [5.41, 5.74) is 0.675. The van der Waals surface area contributed by atoms with Crippen LogP contribution in [0.5, 0.6) is 5.75 Å². The molecule has 1 heterocycles. The molecule has 0 aliphatic heterocycles. The van der Waals surface area contributed by atoms with Crippen LogP contribution in [-0.2, 0) is 17.4 Å². The van der Waals surface area contributed by atoms with Gasteiger partial charge in [0.2, 0.25) is 5.76 Å². The van der Waals surface area contributed by atoms with Crippen LogP contribution in [0.3, 0.4) is 0 Å². The highest BCUT2D eigenvalue weighted by molar-refractivity contribution is 5.86. The van der Waals surface area contributed by atoms with E-state index in [2.05, 4.69) is 9.68 Å². The zero-order valence-electron chi connectivity index (χ0n) is 12.4. The lowest BCUT2D eigenvalue weighted by molar-refractivity contribution is -0.154. The average molecular weight is 331 g/mol. The third-order valence-corrected chi connectivity index (χ3v) is 3.26. The van der Waals surface area contributed by atoms with Gasteiger partial charge in [0.05, 0.1) is 12.0 Å². The predicted molar refractivity (Wildman–Crippen MR) is 75.4 cm³/mol. The molecule has 0 aliphatic rings. The summed E-state index contributed by atoms with van der Waals surface area (Å²) in [5, 5.41) is 12.0. The number of hydrogen-bond donors (Lipinski definition) is 1. The van der Waals surface area contributed by atoms with E-state index in [1.807, 2.05) is 6.92 Å². The summed E-state index contributed by atoms with van der Waals surface area (Å²) in [4.78, 5) is 10.5. The molecule has 0 unspecified atom stereocenters. The number of nitrogens with zero attached hydrogens (tertiary/aromatic N) is 1. The maximum absolute atomic E-state index is 12.9. The van der Waals surface area contributed by atoms with Crippen LogP contribution in [-0.4, -0.2) is 22.8 Å². The Morgan fingerprint density at radius 3 is 2.74 bits per heavy atom. The lowest BCUT2D eigenvalue weighted by Gasteiger charge is -2.11. The zero-order valence-corrected chi connectivity index (χ0v) is 12.4. The summed E-state index contributed by atoms with van der Waals surface area (Å²) in [5.74, 6) is -1.64. The Morgan fingerprint density at radius 2 is 2.13 bits per heavy atom. The van der Waals surface area contributed by atoms with Crippen molar-refractivity contribution < 1.29 is 32.3 Å². The molecule has 8 heteroatoms. The molecule has 1 aromatic heterocycles. The van der Waals surface area contributed by atoms with Gasteiger partial charge in [-0.25, -0.2) is 0 Å². The van der Waals surface area contributed by atoms with Crippen molar-refractivity contribution in [2.45, 2.75) is 38.8 Å². The topological polar surface area (TPSA) is 72.6 Å². The fourth-order valence-corrected chi connectivity index (χ4v) is 2.28. The van der Waals surface area contributed by atoms with Crippen molar-refractivity contribution >= 4 is 16.9 Å². The van der Waals surface area contributed by atoms with Crippen molar-refractivity contribution in [1.29, 1.82) is 0 Å². The van der Waals surface area contributed by atoms with E-state index in [0.717, 1.165) is 0 Å². The maximum atomic E-state index is 12.9. The molecule has 0 atom stereocenters. The number of benzene rings is 1. The second-order valence-electron chi connectivity index (χ2n) is 5.04. The number of hydrogen-bond acceptors (Lipinski definition) is 4. The van der Waals surface area contributed by atoms with E-state index in [0.29, 0.717) is 30.6 Å². The average Bonchev–Trinajstić information content (AvgIpc) is 2.89. The molecule has 0 radical (unpaired) electrons. The van der Waals surface area contributed by atoms with Crippen molar-refractivity contribution in [3.8, 4) is 5.75 Å². The van der Waals surface area contributed by atoms with Crippen LogP contribution in [0.25, 0.3) is 10.9 Å². The van der Waals surface area contributed by atoms with Gasteiger partial charge in [-0.05, 0) is 25.0 Å². The fraction of sp³-hybridized carbons (Fsp3) is 0.467. The summed E-state index contributed by atoms with van der Waals surface area (Å²) < 4.78 is 48.6. The lowest BCUT2D eigenvalue weighted by Crippen LogP contribution is -2.05. The van der Waals surface area contributed by atoms with Gasteiger partial charge in [0.1, 0.15) is 11.3 Å². The third kappa shape index (κ3) is 3.94. The molecule has 0 amide bonds. The number of carboxylic acids is 1. The number of aryl methyl sites for hydroxylation is 1. The van der Waals surface area contributed by atoms with E-state index in [-0.39, 0.29) is 23.9 Å². The molecule has 23 heavy (non-hydrogen) atoms. The van der Waals surface area contributed by atoms with Crippen LogP contribution in [0.1, 0.15) is 37.5 Å². The SMILES string of the molecule is CCCc1c(OCCCC(=O)O)ccc2c(C(F)(F)F)onc12. The smallest absolute Gasteiger partial charge is 0.453 e. The minimum absolute atomic E-state index is 0.0342. The van der Waals surface area contributed by atoms with E-state index in [1.165, 1.54) is 12.1 Å². The normalized spacial score (nSPS) is 11.8. The number of carboxylic acid groups (broad SMARTS) is 1. The second-order valence-corrected chi connectivity index (χ2v) is 5.04. The molecular formula is C15H16F3NO4. The second kappa shape index (κ2) is 6.89. The predicted octanol–water partition coefficient (Wildman–Crippen LogP) is 4.04. The van der Waals surface area contributed by atoms with Crippen LogP contribution < -0.4 is 4.74 Å². The number of alkyl halides is 3. The minimum atomic E-state index is -4.61. The van der Waals surface area contributed by atoms with Gasteiger partial charge < -0.3 is 14.4 Å². The van der Waals surface area contributed by atoms with Gasteiger partial charge in [-0.15, -0.1) is 0 Å². The van der Waals surface area contributed by atoms with Gasteiger partial charge >= 0.3 is 12.1 Å². The number of carbonyl (C=O) groups is 1. The van der Waals surface area contributed by atoms with Gasteiger partial charge in [-0.2, -0.15) is 13.2 Å². The first-order valence-corrected chi connectivity index (χ1v) is 7.17. The monoisotopic (exact) mass is 331 g/mol. The number of halogens is 3. The lowest BCUT2D eigenvalue weighted by atomic mass is 10.0. The Balaban J connectivity index is 2.31. The minimum Gasteiger partial charge on any atom is -0.493 e. The Hall–Kier alpha value is -2.25. The summed E-state index contributed by atoms with van der Waals surface area (Å²) in [6.07, 6.45) is -3.16. The molecule has 2 aromatic rings. The van der Waals surface area contributed by atoms with Crippen molar-refractivity contribution in [3.63, 3.8) is 0 Å². The summed E-state index contributed by atoms with van der Waals surface area (Å²) in [6, 6.07) is 2.71. The van der Waals surface area contributed by atoms with E-state index < -0.39 is 17.9 Å². The van der Waals surface area contributed by atoms with E-state index in [4.69, 9.17) is 9.84 Å². The van der Waals surface area contributed by atoms with Gasteiger partial charge in [0, 0.05) is 12.0 Å². The summed E-state index contributed by atoms with van der Waals surface area (Å²) in [6.45, 7) is 2.05. The quantitative estimate of drug-likeness (QED) is 0.775. The van der Waals surface area contributed by atoms with Crippen LogP contribution in [0.4, 0.5) is 13.2 Å². The van der Waals surface area contributed by atoms with E-state index >= 15 is 0 Å². The fourth-order valence-electron chi connectivity index (χ4n) is 2.28. The molecular weight excluding hydrogens is 315 g/mol. The summed E-state index contributed by atoms with van der Waals surface area (Å²) >= 11 is 0. The third-order valence-electron chi connectivity index (χ3n) is 3.26. The molecule has 0 fully saturated rings. The largest absolute Gasteiger partial charge is 0.493 e. The molecule has 0 saturated carbocycles. The van der Waals surface area contributed by atoms with Crippen molar-refractivity contribution in [3.05, 3.63) is 23.5 Å². The number of rotatable bonds is 7. The highest BCUT2D eigenvalue weighted by Crippen LogP contribution is 2.38. The molecule has 0 aliphatic carbocycles. The first-order chi connectivity index (χ1) is 10.8. The highest BCUT2D eigenvalue weighted by Gasteiger charge is 2.38. The number of aliphatic carboxylic acids is 1. The van der Waals surface area contributed by atoms with Crippen LogP contribution in [0, 0.1) is 0 Å². The molecule has 5 nitrogen and oxygen atoms in total. The van der Waals surface area contributed by atoms with Crippen molar-refractivity contribution in [2.24, 2.45) is 0 Å². The van der Waals surface area contributed by atoms with Gasteiger partial charge in [-0.3, -0.25) is 4.79 Å². The number of ether oxygens (including phenoxy) is 1. The first-order valence-electron chi connectivity index (χ1n) is 7.17. The Labute approximate surface area is 130 Å². The van der Waals surface area contributed by atoms with Gasteiger partial charge in [0.25, 0.3) is 0 Å².